The zero-order valence-corrected chi connectivity index (χ0v) is 12.0. The van der Waals surface area contributed by atoms with Gasteiger partial charge in [-0.05, 0) is 24.3 Å². The van der Waals surface area contributed by atoms with Crippen molar-refractivity contribution in [1.29, 1.82) is 0 Å². The van der Waals surface area contributed by atoms with Crippen molar-refractivity contribution >= 4 is 44.5 Å². The van der Waals surface area contributed by atoms with Gasteiger partial charge in [0.15, 0.2) is 5.58 Å². The Morgan fingerprint density at radius 2 is 1.78 bits per heavy atom. The monoisotopic (exact) mass is 309 g/mol. The van der Waals surface area contributed by atoms with Crippen LogP contribution in [0.2, 0.25) is 0 Å². The van der Waals surface area contributed by atoms with E-state index in [1.54, 1.807) is 24.3 Å². The minimum Gasteiger partial charge on any atom is -0.508 e. The first-order chi connectivity index (χ1) is 11.0. The van der Waals surface area contributed by atoms with Gasteiger partial charge in [-0.25, -0.2) is 4.79 Å². The molecule has 6 nitrogen and oxygen atoms in total. The average Bonchev–Trinajstić information content (AvgIpc) is 2.85. The van der Waals surface area contributed by atoms with Crippen LogP contribution in [0, 0.1) is 0 Å². The summed E-state index contributed by atoms with van der Waals surface area (Å²) in [5.74, 6) is -0.162. The number of aromatic hydroxyl groups is 1. The van der Waals surface area contributed by atoms with Crippen LogP contribution in [0.25, 0.3) is 32.9 Å². The lowest BCUT2D eigenvalue weighted by molar-refractivity contribution is -0.114. The quantitative estimate of drug-likeness (QED) is 0.526. The summed E-state index contributed by atoms with van der Waals surface area (Å²) in [5, 5.41) is 13.7. The molecule has 6 heteroatoms. The van der Waals surface area contributed by atoms with E-state index in [0.29, 0.717) is 38.6 Å². The molecular weight excluding hydrogens is 298 g/mol. The molecule has 2 aromatic heterocycles. The molecule has 2 aromatic carbocycles. The number of nitrogens with one attached hydrogen (secondary N) is 1. The minimum absolute atomic E-state index is 0.0539. The molecule has 0 bridgehead atoms. The van der Waals surface area contributed by atoms with Crippen LogP contribution in [-0.2, 0) is 4.79 Å². The summed E-state index contributed by atoms with van der Waals surface area (Å²) >= 11 is 0. The van der Waals surface area contributed by atoms with Gasteiger partial charge in [0.25, 0.3) is 0 Å². The van der Waals surface area contributed by atoms with E-state index in [4.69, 9.17) is 8.83 Å². The highest BCUT2D eigenvalue weighted by Crippen LogP contribution is 2.33. The lowest BCUT2D eigenvalue weighted by Gasteiger charge is -2.03. The Bertz CT molecular complexity index is 1150. The Morgan fingerprint density at radius 1 is 1.04 bits per heavy atom. The molecule has 1 amide bonds. The fourth-order valence-corrected chi connectivity index (χ4v) is 2.70. The molecule has 0 atom stereocenters. The van der Waals surface area contributed by atoms with Crippen molar-refractivity contribution in [2.24, 2.45) is 0 Å². The molecule has 2 N–H and O–H groups in total. The topological polar surface area (TPSA) is 92.7 Å². The van der Waals surface area contributed by atoms with Gasteiger partial charge in [-0.15, -0.1) is 0 Å². The zero-order chi connectivity index (χ0) is 16.1. The fourth-order valence-electron chi connectivity index (χ4n) is 2.70. The van der Waals surface area contributed by atoms with Gasteiger partial charge in [-0.2, -0.15) is 0 Å². The Morgan fingerprint density at radius 3 is 2.57 bits per heavy atom. The number of fused-ring (bicyclic) bond motifs is 5. The molecule has 4 aromatic rings. The maximum atomic E-state index is 12.3. The second kappa shape index (κ2) is 4.61. The molecule has 0 aliphatic rings. The number of anilines is 1. The van der Waals surface area contributed by atoms with Crippen LogP contribution in [0.15, 0.2) is 50.0 Å². The molecule has 2 heterocycles. The van der Waals surface area contributed by atoms with Crippen LogP contribution in [0.4, 0.5) is 5.69 Å². The molecule has 114 valence electrons. The van der Waals surface area contributed by atoms with Crippen molar-refractivity contribution in [2.75, 3.05) is 5.32 Å². The van der Waals surface area contributed by atoms with Crippen LogP contribution < -0.4 is 10.9 Å². The first-order valence-corrected chi connectivity index (χ1v) is 6.92. The summed E-state index contributed by atoms with van der Waals surface area (Å²) < 4.78 is 11.1. The van der Waals surface area contributed by atoms with Crippen molar-refractivity contribution < 1.29 is 18.7 Å². The number of phenols is 1. The van der Waals surface area contributed by atoms with E-state index in [1.807, 2.05) is 0 Å². The molecule has 4 rings (SSSR count). The van der Waals surface area contributed by atoms with Gasteiger partial charge in [-0.3, -0.25) is 4.79 Å². The van der Waals surface area contributed by atoms with Crippen molar-refractivity contribution in [1.82, 2.24) is 0 Å². The number of amides is 1. The molecular formula is C17H11NO5. The molecule has 0 spiro atoms. The largest absolute Gasteiger partial charge is 0.508 e. The highest BCUT2D eigenvalue weighted by Gasteiger charge is 2.16. The predicted molar refractivity (Wildman–Crippen MR) is 85.7 cm³/mol. The number of phenolic OH excluding ortho intramolecular Hbond substituents is 1. The van der Waals surface area contributed by atoms with Crippen molar-refractivity contribution in [3.05, 3.63) is 46.8 Å². The third-order valence-electron chi connectivity index (χ3n) is 3.63. The average molecular weight is 309 g/mol. The summed E-state index contributed by atoms with van der Waals surface area (Å²) in [4.78, 5) is 23.4. The zero-order valence-electron chi connectivity index (χ0n) is 12.0. The summed E-state index contributed by atoms with van der Waals surface area (Å²) in [5.41, 5.74) is 1.12. The number of furan rings is 1. The van der Waals surface area contributed by atoms with E-state index in [-0.39, 0.29) is 11.7 Å². The highest BCUT2D eigenvalue weighted by atomic mass is 16.4. The van der Waals surface area contributed by atoms with Crippen molar-refractivity contribution in [3.63, 3.8) is 0 Å². The van der Waals surface area contributed by atoms with Crippen molar-refractivity contribution in [2.45, 2.75) is 6.92 Å². The van der Waals surface area contributed by atoms with Gasteiger partial charge in [0.1, 0.15) is 22.3 Å². The number of benzene rings is 2. The number of hydrogen-bond donors (Lipinski definition) is 2. The molecule has 0 saturated heterocycles. The first-order valence-electron chi connectivity index (χ1n) is 6.92. The Hall–Kier alpha value is -3.28. The standard InChI is InChI=1S/C17H11NO5/c1-8(19)18-9-2-4-12-13(6-9)23-17(21)15-11-5-3-10(20)7-14(11)22-16(12)15/h2-7,20H,1H3,(H,18,19). The lowest BCUT2D eigenvalue weighted by atomic mass is 10.1. The van der Waals surface area contributed by atoms with Crippen LogP contribution in [0.1, 0.15) is 6.92 Å². The highest BCUT2D eigenvalue weighted by molar-refractivity contribution is 6.13. The maximum absolute atomic E-state index is 12.3. The molecule has 0 fully saturated rings. The summed E-state index contributed by atoms with van der Waals surface area (Å²) in [6.07, 6.45) is 0. The van der Waals surface area contributed by atoms with Crippen LogP contribution in [-0.4, -0.2) is 11.0 Å². The van der Waals surface area contributed by atoms with E-state index in [9.17, 15) is 14.7 Å². The van der Waals surface area contributed by atoms with Crippen LogP contribution in [0.3, 0.4) is 0 Å². The van der Waals surface area contributed by atoms with E-state index in [0.717, 1.165) is 0 Å². The normalized spacial score (nSPS) is 11.3. The smallest absolute Gasteiger partial charge is 0.348 e. The van der Waals surface area contributed by atoms with Gasteiger partial charge in [0.05, 0.1) is 5.39 Å². The number of hydrogen-bond acceptors (Lipinski definition) is 5. The van der Waals surface area contributed by atoms with Gasteiger partial charge in [-0.1, -0.05) is 0 Å². The second-order valence-corrected chi connectivity index (χ2v) is 5.27. The van der Waals surface area contributed by atoms with E-state index >= 15 is 0 Å². The minimum atomic E-state index is -0.531. The Balaban J connectivity index is 2.10. The second-order valence-electron chi connectivity index (χ2n) is 5.27. The van der Waals surface area contributed by atoms with Gasteiger partial charge >= 0.3 is 5.63 Å². The molecule has 0 radical (unpaired) electrons. The Kier molecular flexibility index (Phi) is 2.68. The van der Waals surface area contributed by atoms with E-state index in [1.165, 1.54) is 19.1 Å². The number of rotatable bonds is 1. The van der Waals surface area contributed by atoms with Crippen molar-refractivity contribution in [3.8, 4) is 5.75 Å². The molecule has 0 unspecified atom stereocenters. The molecule has 23 heavy (non-hydrogen) atoms. The summed E-state index contributed by atoms with van der Waals surface area (Å²) in [6.45, 7) is 1.40. The number of carbonyl (C=O) groups excluding carboxylic acids is 1. The summed E-state index contributed by atoms with van der Waals surface area (Å²) in [6, 6.07) is 9.54. The van der Waals surface area contributed by atoms with Gasteiger partial charge in [0.2, 0.25) is 5.91 Å². The van der Waals surface area contributed by atoms with E-state index < -0.39 is 5.63 Å². The van der Waals surface area contributed by atoms with Crippen LogP contribution in [0.5, 0.6) is 5.75 Å². The molecule has 0 aliphatic heterocycles. The van der Waals surface area contributed by atoms with E-state index in [2.05, 4.69) is 5.32 Å². The van der Waals surface area contributed by atoms with Crippen LogP contribution >= 0.6 is 0 Å². The number of carbonyl (C=O) groups is 1. The predicted octanol–water partition coefficient (Wildman–Crippen LogP) is 3.36. The lowest BCUT2D eigenvalue weighted by Crippen LogP contribution is -2.05. The molecule has 0 saturated carbocycles. The molecule has 0 aliphatic carbocycles. The first kappa shape index (κ1) is 13.4. The third-order valence-corrected chi connectivity index (χ3v) is 3.63. The van der Waals surface area contributed by atoms with Gasteiger partial charge in [0, 0.05) is 30.1 Å². The van der Waals surface area contributed by atoms with Gasteiger partial charge < -0.3 is 19.3 Å². The third kappa shape index (κ3) is 2.03. The summed E-state index contributed by atoms with van der Waals surface area (Å²) in [7, 11) is 0. The SMILES string of the molecule is CC(=O)Nc1ccc2c(c1)oc(=O)c1c3ccc(O)cc3oc21. The maximum Gasteiger partial charge on any atom is 0.348 e. The Labute approximate surface area is 128 Å². The fraction of sp³-hybridized carbons (Fsp3) is 0.0588.